The lowest BCUT2D eigenvalue weighted by atomic mass is 10.2. The highest BCUT2D eigenvalue weighted by Gasteiger charge is 2.19. The number of halogens is 1. The zero-order chi connectivity index (χ0) is 21.9. The van der Waals surface area contributed by atoms with Gasteiger partial charge in [0.15, 0.2) is 5.82 Å². The Kier molecular flexibility index (Phi) is 3.76. The molecule has 0 N–H and O–H groups in total. The zero-order valence-corrected chi connectivity index (χ0v) is 17.7. The van der Waals surface area contributed by atoms with E-state index in [-0.39, 0.29) is 5.82 Å². The van der Waals surface area contributed by atoms with Gasteiger partial charge in [-0.15, -0.1) is 0 Å². The van der Waals surface area contributed by atoms with E-state index in [1.807, 2.05) is 75.9 Å². The summed E-state index contributed by atoms with van der Waals surface area (Å²) in [5.74, 6) is -0.240. The van der Waals surface area contributed by atoms with Crippen molar-refractivity contribution in [3.05, 3.63) is 121 Å². The van der Waals surface area contributed by atoms with Crippen LogP contribution in [-0.2, 0) is 0 Å². The topological polar surface area (TPSA) is 9.86 Å². The molecule has 7 rings (SSSR count). The van der Waals surface area contributed by atoms with E-state index in [1.165, 1.54) is 0 Å². The Morgan fingerprint density at radius 2 is 0.667 bits per heavy atom. The Hall–Kier alpha value is -4.37. The smallest absolute Gasteiger partial charge is 0.171 e. The van der Waals surface area contributed by atoms with Crippen LogP contribution in [0.3, 0.4) is 0 Å². The van der Waals surface area contributed by atoms with Crippen molar-refractivity contribution in [1.29, 1.82) is 0 Å². The lowest BCUT2D eigenvalue weighted by molar-refractivity contribution is 0.614. The summed E-state index contributed by atoms with van der Waals surface area (Å²) in [7, 11) is 0. The number of hydrogen-bond acceptors (Lipinski definition) is 0. The van der Waals surface area contributed by atoms with Gasteiger partial charge in [0.25, 0.3) is 0 Å². The first-order valence-corrected chi connectivity index (χ1v) is 11.1. The minimum absolute atomic E-state index is 0.240. The van der Waals surface area contributed by atoms with Crippen LogP contribution in [0.1, 0.15) is 0 Å². The van der Waals surface area contributed by atoms with Crippen molar-refractivity contribution in [2.24, 2.45) is 0 Å². The summed E-state index contributed by atoms with van der Waals surface area (Å²) in [5.41, 5.74) is 5.08. The minimum atomic E-state index is -0.240. The molecule has 0 aliphatic heterocycles. The second-order valence-corrected chi connectivity index (χ2v) is 8.35. The molecular weight excluding hydrogens is 407 g/mol. The van der Waals surface area contributed by atoms with Crippen LogP contribution >= 0.6 is 0 Å². The summed E-state index contributed by atoms with van der Waals surface area (Å²) in [5, 5.41) is 4.48. The van der Waals surface area contributed by atoms with Crippen molar-refractivity contribution in [3.8, 4) is 11.4 Å². The molecule has 33 heavy (non-hydrogen) atoms. The fraction of sp³-hybridized carbons (Fsp3) is 0. The van der Waals surface area contributed by atoms with Gasteiger partial charge in [0, 0.05) is 21.5 Å². The second kappa shape index (κ2) is 6.81. The normalized spacial score (nSPS) is 11.8. The molecule has 0 saturated heterocycles. The maximum atomic E-state index is 16.5. The number of hydrogen-bond donors (Lipinski definition) is 0. The van der Waals surface area contributed by atoms with Gasteiger partial charge < -0.3 is 9.13 Å². The van der Waals surface area contributed by atoms with Gasteiger partial charge in [-0.25, -0.2) is 4.39 Å². The van der Waals surface area contributed by atoms with Crippen LogP contribution in [0, 0.1) is 5.82 Å². The third-order valence-corrected chi connectivity index (χ3v) is 6.60. The molecule has 2 aromatic heterocycles. The number of benzene rings is 5. The summed E-state index contributed by atoms with van der Waals surface area (Å²) in [6, 6.07) is 38.5. The van der Waals surface area contributed by atoms with Gasteiger partial charge in [0.2, 0.25) is 0 Å². The molecule has 3 heteroatoms. The average molecular weight is 426 g/mol. The summed E-state index contributed by atoms with van der Waals surface area (Å²) < 4.78 is 20.5. The van der Waals surface area contributed by atoms with Crippen LogP contribution < -0.4 is 0 Å². The molecule has 0 fully saturated rings. The SMILES string of the molecule is Fc1c(-n2c3ccccc3c3ccccc32)cccc1-n1c2ccccc2c2ccccc21. The summed E-state index contributed by atoms with van der Waals surface area (Å²) in [4.78, 5) is 0. The molecule has 0 saturated carbocycles. The Balaban J connectivity index is 1.60. The van der Waals surface area contributed by atoms with Gasteiger partial charge in [0.1, 0.15) is 0 Å². The number of para-hydroxylation sites is 4. The maximum absolute atomic E-state index is 16.5. The van der Waals surface area contributed by atoms with Crippen LogP contribution in [0.15, 0.2) is 115 Å². The molecule has 2 heterocycles. The largest absolute Gasteiger partial charge is 0.306 e. The van der Waals surface area contributed by atoms with Gasteiger partial charge in [-0.3, -0.25) is 0 Å². The molecule has 2 nitrogen and oxygen atoms in total. The number of aromatic nitrogens is 2. The maximum Gasteiger partial charge on any atom is 0.171 e. The van der Waals surface area contributed by atoms with Crippen molar-refractivity contribution in [1.82, 2.24) is 9.13 Å². The van der Waals surface area contributed by atoms with E-state index in [1.54, 1.807) is 0 Å². The predicted octanol–water partition coefficient (Wildman–Crippen LogP) is 8.02. The van der Waals surface area contributed by atoms with Gasteiger partial charge >= 0.3 is 0 Å². The monoisotopic (exact) mass is 426 g/mol. The number of rotatable bonds is 2. The fourth-order valence-corrected chi connectivity index (χ4v) is 5.22. The van der Waals surface area contributed by atoms with Crippen molar-refractivity contribution in [2.75, 3.05) is 0 Å². The van der Waals surface area contributed by atoms with Crippen LogP contribution in [0.2, 0.25) is 0 Å². The first-order chi connectivity index (χ1) is 16.3. The highest BCUT2D eigenvalue weighted by atomic mass is 19.1. The predicted molar refractivity (Wildman–Crippen MR) is 135 cm³/mol. The quantitative estimate of drug-likeness (QED) is 0.265. The number of nitrogens with zero attached hydrogens (tertiary/aromatic N) is 2. The molecule has 0 radical (unpaired) electrons. The molecule has 0 aliphatic carbocycles. The summed E-state index contributed by atoms with van der Waals surface area (Å²) >= 11 is 0. The van der Waals surface area contributed by atoms with E-state index in [2.05, 4.69) is 48.5 Å². The Morgan fingerprint density at radius 3 is 1.00 bits per heavy atom. The zero-order valence-electron chi connectivity index (χ0n) is 17.7. The third-order valence-electron chi connectivity index (χ3n) is 6.60. The number of fused-ring (bicyclic) bond motifs is 6. The summed E-state index contributed by atoms with van der Waals surface area (Å²) in [6.45, 7) is 0. The Labute approximate surface area is 189 Å². The molecule has 5 aromatic carbocycles. The van der Waals surface area contributed by atoms with Crippen molar-refractivity contribution in [3.63, 3.8) is 0 Å². The van der Waals surface area contributed by atoms with Crippen LogP contribution in [0.25, 0.3) is 55.0 Å². The molecule has 0 spiro atoms. The molecule has 0 bridgehead atoms. The van der Waals surface area contributed by atoms with E-state index in [0.29, 0.717) is 11.4 Å². The van der Waals surface area contributed by atoms with Crippen molar-refractivity contribution < 1.29 is 4.39 Å². The fourth-order valence-electron chi connectivity index (χ4n) is 5.22. The van der Waals surface area contributed by atoms with Gasteiger partial charge in [-0.1, -0.05) is 78.9 Å². The van der Waals surface area contributed by atoms with E-state index >= 15 is 4.39 Å². The molecule has 0 amide bonds. The van der Waals surface area contributed by atoms with E-state index in [0.717, 1.165) is 43.6 Å². The van der Waals surface area contributed by atoms with Crippen LogP contribution in [0.4, 0.5) is 4.39 Å². The van der Waals surface area contributed by atoms with E-state index in [9.17, 15) is 0 Å². The molecule has 156 valence electrons. The summed E-state index contributed by atoms with van der Waals surface area (Å²) in [6.07, 6.45) is 0. The van der Waals surface area contributed by atoms with Gasteiger partial charge in [0.05, 0.1) is 33.4 Å². The highest BCUT2D eigenvalue weighted by molar-refractivity contribution is 6.10. The second-order valence-electron chi connectivity index (χ2n) is 8.35. The van der Waals surface area contributed by atoms with Gasteiger partial charge in [-0.05, 0) is 36.4 Å². The molecule has 0 aliphatic rings. The Morgan fingerprint density at radius 1 is 0.364 bits per heavy atom. The third kappa shape index (κ3) is 2.48. The molecule has 7 aromatic rings. The molecular formula is C30H19FN2. The van der Waals surface area contributed by atoms with Crippen molar-refractivity contribution in [2.45, 2.75) is 0 Å². The highest BCUT2D eigenvalue weighted by Crippen LogP contribution is 2.36. The van der Waals surface area contributed by atoms with Crippen LogP contribution in [-0.4, -0.2) is 9.13 Å². The Bertz CT molecular complexity index is 1600. The van der Waals surface area contributed by atoms with Crippen molar-refractivity contribution >= 4 is 43.6 Å². The first-order valence-electron chi connectivity index (χ1n) is 11.1. The van der Waals surface area contributed by atoms with E-state index < -0.39 is 0 Å². The van der Waals surface area contributed by atoms with E-state index in [4.69, 9.17) is 0 Å². The first kappa shape index (κ1) is 18.2. The van der Waals surface area contributed by atoms with Crippen LogP contribution in [0.5, 0.6) is 0 Å². The lowest BCUT2D eigenvalue weighted by Crippen LogP contribution is -2.04. The van der Waals surface area contributed by atoms with Gasteiger partial charge in [-0.2, -0.15) is 0 Å². The minimum Gasteiger partial charge on any atom is -0.306 e. The standard InChI is InChI=1S/C30H19FN2/c31-30-28(32-24-14-5-1-10-20(24)21-11-2-6-15-25(21)32)18-9-19-29(30)33-26-16-7-3-12-22(26)23-13-4-8-17-27(23)33/h1-19H. The molecule has 0 unspecified atom stereocenters. The average Bonchev–Trinajstić information content (AvgIpc) is 3.38. The lowest BCUT2D eigenvalue weighted by Gasteiger charge is -2.14. The molecule has 0 atom stereocenters.